The number of rotatable bonds is 2. The maximum atomic E-state index is 10.6. The van der Waals surface area contributed by atoms with Crippen LogP contribution in [0.1, 0.15) is 0 Å². The van der Waals surface area contributed by atoms with E-state index in [0.29, 0.717) is 5.75 Å². The fourth-order valence-electron chi connectivity index (χ4n) is 0.597. The SMILES string of the molecule is C=CC(=O)Oc1cc[c]cc1. The molecule has 0 amide bonds. The summed E-state index contributed by atoms with van der Waals surface area (Å²) in [6, 6.07) is 9.46. The van der Waals surface area contributed by atoms with Gasteiger partial charge in [-0.15, -0.1) is 0 Å². The second kappa shape index (κ2) is 3.56. The lowest BCUT2D eigenvalue weighted by Gasteiger charge is -1.97. The second-order valence-electron chi connectivity index (χ2n) is 1.86. The molecule has 2 nitrogen and oxygen atoms in total. The van der Waals surface area contributed by atoms with Crippen molar-refractivity contribution in [3.8, 4) is 5.75 Å². The number of carbonyl (C=O) groups is 1. The number of hydrogen-bond acceptors (Lipinski definition) is 2. The Balaban J connectivity index is 2.65. The van der Waals surface area contributed by atoms with E-state index in [1.807, 2.05) is 0 Å². The van der Waals surface area contributed by atoms with Crippen molar-refractivity contribution in [1.29, 1.82) is 0 Å². The first-order valence-electron chi connectivity index (χ1n) is 3.13. The lowest BCUT2D eigenvalue weighted by molar-refractivity contribution is -0.128. The van der Waals surface area contributed by atoms with Crippen LogP contribution in [0.2, 0.25) is 0 Å². The van der Waals surface area contributed by atoms with Crippen molar-refractivity contribution in [1.82, 2.24) is 0 Å². The zero-order valence-electron chi connectivity index (χ0n) is 5.91. The Morgan fingerprint density at radius 2 is 2.18 bits per heavy atom. The van der Waals surface area contributed by atoms with Crippen molar-refractivity contribution in [2.24, 2.45) is 0 Å². The van der Waals surface area contributed by atoms with Crippen LogP contribution in [0, 0.1) is 6.07 Å². The van der Waals surface area contributed by atoms with Crippen LogP contribution >= 0.6 is 0 Å². The van der Waals surface area contributed by atoms with Crippen LogP contribution in [0.3, 0.4) is 0 Å². The Morgan fingerprint density at radius 3 is 2.73 bits per heavy atom. The molecule has 1 aromatic carbocycles. The number of carbonyl (C=O) groups excluding carboxylic acids is 1. The summed E-state index contributed by atoms with van der Waals surface area (Å²) in [6.45, 7) is 3.27. The summed E-state index contributed by atoms with van der Waals surface area (Å²) >= 11 is 0. The standard InChI is InChI=1S/C9H7O2/c1-2-9(10)11-8-6-4-3-5-7-8/h2,4-7H,1H2. The molecule has 2 heteroatoms. The summed E-state index contributed by atoms with van der Waals surface area (Å²) in [6.07, 6.45) is 1.12. The van der Waals surface area contributed by atoms with Gasteiger partial charge >= 0.3 is 5.97 Å². The van der Waals surface area contributed by atoms with E-state index in [1.54, 1.807) is 24.3 Å². The molecule has 0 aliphatic rings. The van der Waals surface area contributed by atoms with E-state index >= 15 is 0 Å². The third-order valence-electron chi connectivity index (χ3n) is 1.07. The number of ether oxygens (including phenoxy) is 1. The van der Waals surface area contributed by atoms with Gasteiger partial charge in [0.25, 0.3) is 0 Å². The minimum Gasteiger partial charge on any atom is -0.423 e. The van der Waals surface area contributed by atoms with Gasteiger partial charge in [0.15, 0.2) is 0 Å². The third-order valence-corrected chi connectivity index (χ3v) is 1.07. The van der Waals surface area contributed by atoms with E-state index in [1.165, 1.54) is 0 Å². The van der Waals surface area contributed by atoms with Crippen LogP contribution in [0.15, 0.2) is 36.9 Å². The Hall–Kier alpha value is -1.57. The molecule has 0 aliphatic heterocycles. The zero-order valence-corrected chi connectivity index (χ0v) is 5.91. The molecule has 0 N–H and O–H groups in total. The minimum atomic E-state index is -0.448. The molecular weight excluding hydrogens is 140 g/mol. The summed E-state index contributed by atoms with van der Waals surface area (Å²) in [7, 11) is 0. The zero-order chi connectivity index (χ0) is 8.10. The van der Waals surface area contributed by atoms with Gasteiger partial charge in [-0.05, 0) is 18.2 Å². The lowest BCUT2D eigenvalue weighted by Crippen LogP contribution is -2.02. The molecule has 0 saturated carbocycles. The fraction of sp³-hybridized carbons (Fsp3) is 0. The van der Waals surface area contributed by atoms with Crippen molar-refractivity contribution >= 4 is 5.97 Å². The Labute approximate surface area is 65.1 Å². The molecule has 1 rings (SSSR count). The topological polar surface area (TPSA) is 26.3 Å². The molecule has 0 unspecified atom stereocenters. The van der Waals surface area contributed by atoms with Crippen molar-refractivity contribution < 1.29 is 9.53 Å². The van der Waals surface area contributed by atoms with Gasteiger partial charge in [0.2, 0.25) is 0 Å². The van der Waals surface area contributed by atoms with Gasteiger partial charge in [-0.1, -0.05) is 18.7 Å². The summed E-state index contributed by atoms with van der Waals surface area (Å²) in [5, 5.41) is 0. The minimum absolute atomic E-state index is 0.448. The van der Waals surface area contributed by atoms with Crippen LogP contribution in [0.5, 0.6) is 5.75 Å². The first kappa shape index (κ1) is 7.54. The van der Waals surface area contributed by atoms with Gasteiger partial charge in [0, 0.05) is 6.08 Å². The third kappa shape index (κ3) is 2.26. The van der Waals surface area contributed by atoms with Gasteiger partial charge in [-0.25, -0.2) is 4.79 Å². The summed E-state index contributed by atoms with van der Waals surface area (Å²) < 4.78 is 4.79. The predicted octanol–water partition coefficient (Wildman–Crippen LogP) is 1.58. The van der Waals surface area contributed by atoms with Gasteiger partial charge in [0.05, 0.1) is 0 Å². The highest BCUT2D eigenvalue weighted by Gasteiger charge is 1.95. The molecule has 0 spiro atoms. The average Bonchev–Trinajstić information content (AvgIpc) is 2.06. The highest BCUT2D eigenvalue weighted by Crippen LogP contribution is 2.07. The van der Waals surface area contributed by atoms with Crippen molar-refractivity contribution in [2.45, 2.75) is 0 Å². The quantitative estimate of drug-likeness (QED) is 0.360. The molecule has 11 heavy (non-hydrogen) atoms. The van der Waals surface area contributed by atoms with Crippen molar-refractivity contribution in [3.63, 3.8) is 0 Å². The first-order valence-corrected chi connectivity index (χ1v) is 3.13. The number of hydrogen-bond donors (Lipinski definition) is 0. The summed E-state index contributed by atoms with van der Waals surface area (Å²) in [4.78, 5) is 10.6. The molecule has 1 aromatic rings. The molecule has 1 radical (unpaired) electrons. The van der Waals surface area contributed by atoms with Crippen LogP contribution in [-0.4, -0.2) is 5.97 Å². The fourth-order valence-corrected chi connectivity index (χ4v) is 0.597. The molecular formula is C9H7O2. The van der Waals surface area contributed by atoms with E-state index in [4.69, 9.17) is 4.74 Å². The molecule has 0 saturated heterocycles. The maximum Gasteiger partial charge on any atom is 0.335 e. The normalized spacial score (nSPS) is 8.73. The molecule has 0 bridgehead atoms. The monoisotopic (exact) mass is 147 g/mol. The second-order valence-corrected chi connectivity index (χ2v) is 1.86. The maximum absolute atomic E-state index is 10.6. The Bertz CT molecular complexity index is 252. The van der Waals surface area contributed by atoms with E-state index in [0.717, 1.165) is 6.08 Å². The van der Waals surface area contributed by atoms with Crippen molar-refractivity contribution in [3.05, 3.63) is 43.0 Å². The number of benzene rings is 1. The molecule has 55 valence electrons. The van der Waals surface area contributed by atoms with Crippen LogP contribution < -0.4 is 4.74 Å². The Kier molecular flexibility index (Phi) is 2.44. The van der Waals surface area contributed by atoms with E-state index in [-0.39, 0.29) is 0 Å². The van der Waals surface area contributed by atoms with Crippen LogP contribution in [0.4, 0.5) is 0 Å². The predicted molar refractivity (Wildman–Crippen MR) is 41.1 cm³/mol. The van der Waals surface area contributed by atoms with Crippen LogP contribution in [-0.2, 0) is 4.79 Å². The summed E-state index contributed by atoms with van der Waals surface area (Å²) in [5.74, 6) is 0.0600. The molecule has 0 heterocycles. The highest BCUT2D eigenvalue weighted by atomic mass is 16.5. The molecule has 0 atom stereocenters. The number of esters is 1. The smallest absolute Gasteiger partial charge is 0.335 e. The molecule has 0 aromatic heterocycles. The average molecular weight is 147 g/mol. The van der Waals surface area contributed by atoms with E-state index in [9.17, 15) is 4.79 Å². The van der Waals surface area contributed by atoms with Crippen molar-refractivity contribution in [2.75, 3.05) is 0 Å². The van der Waals surface area contributed by atoms with Gasteiger partial charge < -0.3 is 4.74 Å². The van der Waals surface area contributed by atoms with Gasteiger partial charge in [-0.2, -0.15) is 0 Å². The van der Waals surface area contributed by atoms with Gasteiger partial charge in [0.1, 0.15) is 5.75 Å². The highest BCUT2D eigenvalue weighted by molar-refractivity contribution is 5.83. The van der Waals surface area contributed by atoms with Crippen LogP contribution in [0.25, 0.3) is 0 Å². The first-order chi connectivity index (χ1) is 5.33. The molecule has 0 aliphatic carbocycles. The lowest BCUT2D eigenvalue weighted by atomic mass is 10.3. The van der Waals surface area contributed by atoms with E-state index < -0.39 is 5.97 Å². The summed E-state index contributed by atoms with van der Waals surface area (Å²) in [5.41, 5.74) is 0. The van der Waals surface area contributed by atoms with Gasteiger partial charge in [-0.3, -0.25) is 0 Å². The largest absolute Gasteiger partial charge is 0.423 e. The van der Waals surface area contributed by atoms with E-state index in [2.05, 4.69) is 12.6 Å². The Morgan fingerprint density at radius 1 is 1.55 bits per heavy atom. The molecule has 0 fully saturated rings.